The van der Waals surface area contributed by atoms with Crippen LogP contribution in [0.25, 0.3) is 0 Å². The topological polar surface area (TPSA) is 84.2 Å². The van der Waals surface area contributed by atoms with Gasteiger partial charge >= 0.3 is 0 Å². The Morgan fingerprint density at radius 1 is 1.06 bits per heavy atom. The number of benzene rings is 1. The van der Waals surface area contributed by atoms with Gasteiger partial charge in [0.05, 0.1) is 6.54 Å². The maximum atomic E-state index is 11.1. The molecule has 1 aromatic rings. The van der Waals surface area contributed by atoms with Gasteiger partial charge in [0.2, 0.25) is 11.8 Å². The maximum Gasteiger partial charge on any atom is 0.238 e. The summed E-state index contributed by atoms with van der Waals surface area (Å²) in [4.78, 5) is 22.1. The number of nitrogens with two attached hydrogens (primary N) is 1. The summed E-state index contributed by atoms with van der Waals surface area (Å²) in [6, 6.07) is 6.86. The molecule has 0 heterocycles. The zero-order valence-electron chi connectivity index (χ0n) is 9.53. The van der Waals surface area contributed by atoms with E-state index in [1.54, 1.807) is 31.2 Å². The molecule has 5 nitrogen and oxygen atoms in total. The molecule has 17 heavy (non-hydrogen) atoms. The largest absolute Gasteiger partial charge is 0.326 e. The summed E-state index contributed by atoms with van der Waals surface area (Å²) < 4.78 is 0. The molecule has 6 heteroatoms. The lowest BCUT2D eigenvalue weighted by Crippen LogP contribution is -2.21. The molecule has 0 atom stereocenters. The van der Waals surface area contributed by atoms with Crippen LogP contribution in [-0.4, -0.2) is 18.4 Å². The van der Waals surface area contributed by atoms with Crippen LogP contribution in [0.3, 0.4) is 0 Å². The first-order valence-corrected chi connectivity index (χ1v) is 5.05. The summed E-state index contributed by atoms with van der Waals surface area (Å²) in [5.41, 5.74) is 6.53. The second-order valence-corrected chi connectivity index (χ2v) is 3.23. The number of anilines is 2. The van der Waals surface area contributed by atoms with Gasteiger partial charge in [-0.25, -0.2) is 0 Å². The zero-order valence-corrected chi connectivity index (χ0v) is 10.3. The smallest absolute Gasteiger partial charge is 0.238 e. The Labute approximate surface area is 106 Å². The van der Waals surface area contributed by atoms with Crippen LogP contribution in [0.4, 0.5) is 11.4 Å². The van der Waals surface area contributed by atoms with Crippen molar-refractivity contribution in [2.45, 2.75) is 13.3 Å². The molecule has 4 N–H and O–H groups in total. The van der Waals surface area contributed by atoms with Gasteiger partial charge in [0.1, 0.15) is 0 Å². The molecule has 1 aromatic carbocycles. The minimum absolute atomic E-state index is 0. The number of rotatable bonds is 4. The van der Waals surface area contributed by atoms with Crippen molar-refractivity contribution in [3.8, 4) is 0 Å². The molecule has 0 unspecified atom stereocenters. The van der Waals surface area contributed by atoms with Crippen molar-refractivity contribution in [2.75, 3.05) is 17.2 Å². The first-order valence-electron chi connectivity index (χ1n) is 5.05. The minimum atomic E-state index is -0.245. The molecule has 0 saturated carbocycles. The predicted molar refractivity (Wildman–Crippen MR) is 70.3 cm³/mol. The highest BCUT2D eigenvalue weighted by Crippen LogP contribution is 2.13. The summed E-state index contributed by atoms with van der Waals surface area (Å²) in [5.74, 6) is -0.288. The van der Waals surface area contributed by atoms with Crippen molar-refractivity contribution in [3.05, 3.63) is 24.3 Å². The molecule has 0 aliphatic heterocycles. The van der Waals surface area contributed by atoms with Gasteiger partial charge < -0.3 is 16.4 Å². The predicted octanol–water partition coefficient (Wildman–Crippen LogP) is 1.35. The van der Waals surface area contributed by atoms with Crippen molar-refractivity contribution in [1.82, 2.24) is 0 Å². The molecular weight excluding hydrogens is 242 g/mol. The molecule has 0 aliphatic carbocycles. The number of halogens is 1. The van der Waals surface area contributed by atoms with Gasteiger partial charge in [0.25, 0.3) is 0 Å². The molecule has 0 fully saturated rings. The lowest BCUT2D eigenvalue weighted by molar-refractivity contribution is -0.116. The summed E-state index contributed by atoms with van der Waals surface area (Å²) in [5, 5.41) is 5.32. The van der Waals surface area contributed by atoms with E-state index in [0.717, 1.165) is 0 Å². The fraction of sp³-hybridized carbons (Fsp3) is 0.273. The highest BCUT2D eigenvalue weighted by Gasteiger charge is 2.00. The monoisotopic (exact) mass is 257 g/mol. The second kappa shape index (κ2) is 7.65. The Balaban J connectivity index is 0.00000256. The van der Waals surface area contributed by atoms with Crippen LogP contribution in [0.1, 0.15) is 13.3 Å². The first kappa shape index (κ1) is 15.4. The van der Waals surface area contributed by atoms with E-state index >= 15 is 0 Å². The third-order valence-electron chi connectivity index (χ3n) is 1.96. The Hall–Kier alpha value is -1.59. The summed E-state index contributed by atoms with van der Waals surface area (Å²) in [6.07, 6.45) is 0.436. The van der Waals surface area contributed by atoms with E-state index in [1.807, 2.05) is 0 Å². The number of carbonyl (C=O) groups is 2. The van der Waals surface area contributed by atoms with Gasteiger partial charge in [0, 0.05) is 17.8 Å². The third-order valence-corrected chi connectivity index (χ3v) is 1.96. The van der Waals surface area contributed by atoms with Crippen LogP contribution >= 0.6 is 12.4 Å². The molecule has 94 valence electrons. The Bertz CT molecular complexity index is 342. The van der Waals surface area contributed by atoms with E-state index in [-0.39, 0.29) is 30.8 Å². The number of hydrogen-bond acceptors (Lipinski definition) is 3. The highest BCUT2D eigenvalue weighted by molar-refractivity contribution is 5.93. The number of nitrogens with one attached hydrogen (secondary N) is 2. The van der Waals surface area contributed by atoms with E-state index < -0.39 is 0 Å². The van der Waals surface area contributed by atoms with Gasteiger partial charge in [-0.15, -0.1) is 12.4 Å². The number of amides is 2. The van der Waals surface area contributed by atoms with E-state index in [4.69, 9.17) is 5.73 Å². The van der Waals surface area contributed by atoms with Crippen molar-refractivity contribution in [1.29, 1.82) is 0 Å². The van der Waals surface area contributed by atoms with E-state index in [2.05, 4.69) is 10.6 Å². The summed E-state index contributed by atoms with van der Waals surface area (Å²) >= 11 is 0. The van der Waals surface area contributed by atoms with Crippen molar-refractivity contribution in [3.63, 3.8) is 0 Å². The van der Waals surface area contributed by atoms with Crippen LogP contribution in [0.5, 0.6) is 0 Å². The van der Waals surface area contributed by atoms with Crippen molar-refractivity contribution < 1.29 is 9.59 Å². The zero-order chi connectivity index (χ0) is 12.0. The van der Waals surface area contributed by atoms with Gasteiger partial charge in [-0.05, 0) is 24.3 Å². The molecule has 0 saturated heterocycles. The molecule has 0 radical (unpaired) electrons. The molecule has 0 aromatic heterocycles. The molecule has 0 bridgehead atoms. The summed E-state index contributed by atoms with van der Waals surface area (Å²) in [7, 11) is 0. The lowest BCUT2D eigenvalue weighted by atomic mass is 10.2. The number of hydrogen-bond donors (Lipinski definition) is 3. The van der Waals surface area contributed by atoms with Crippen LogP contribution < -0.4 is 16.4 Å². The maximum absolute atomic E-state index is 11.1. The van der Waals surface area contributed by atoms with Crippen LogP contribution in [-0.2, 0) is 9.59 Å². The lowest BCUT2D eigenvalue weighted by Gasteiger charge is -2.06. The average Bonchev–Trinajstić information content (AvgIpc) is 2.31. The normalized spacial score (nSPS) is 9.06. The van der Waals surface area contributed by atoms with E-state index in [0.29, 0.717) is 17.8 Å². The Morgan fingerprint density at radius 3 is 1.82 bits per heavy atom. The molecule has 1 rings (SSSR count). The average molecular weight is 258 g/mol. The van der Waals surface area contributed by atoms with Gasteiger partial charge in [-0.3, -0.25) is 9.59 Å². The molecule has 0 aliphatic rings. The van der Waals surface area contributed by atoms with E-state index in [9.17, 15) is 9.59 Å². The van der Waals surface area contributed by atoms with Gasteiger partial charge in [-0.2, -0.15) is 0 Å². The summed E-state index contributed by atoms with van der Waals surface area (Å²) in [6.45, 7) is 1.74. The van der Waals surface area contributed by atoms with Gasteiger partial charge in [-0.1, -0.05) is 6.92 Å². The quantitative estimate of drug-likeness (QED) is 0.761. The fourth-order valence-corrected chi connectivity index (χ4v) is 1.10. The molecule has 0 spiro atoms. The SMILES string of the molecule is CCC(=O)Nc1ccc(NC(=O)CN)cc1.Cl. The van der Waals surface area contributed by atoms with Crippen LogP contribution in [0.15, 0.2) is 24.3 Å². The highest BCUT2D eigenvalue weighted by atomic mass is 35.5. The van der Waals surface area contributed by atoms with Crippen LogP contribution in [0, 0.1) is 0 Å². The number of carbonyl (C=O) groups excluding carboxylic acids is 2. The molecule has 2 amide bonds. The van der Waals surface area contributed by atoms with Crippen molar-refractivity contribution in [2.24, 2.45) is 5.73 Å². The van der Waals surface area contributed by atoms with Crippen LogP contribution in [0.2, 0.25) is 0 Å². The first-order chi connectivity index (χ1) is 7.65. The Kier molecular flexibility index (Phi) is 6.93. The second-order valence-electron chi connectivity index (χ2n) is 3.23. The van der Waals surface area contributed by atoms with Gasteiger partial charge in [0.15, 0.2) is 0 Å². The van der Waals surface area contributed by atoms with Crippen molar-refractivity contribution >= 4 is 35.6 Å². The fourth-order valence-electron chi connectivity index (χ4n) is 1.10. The third kappa shape index (κ3) is 5.33. The standard InChI is InChI=1S/C11H15N3O2.ClH/c1-2-10(15)13-8-3-5-9(6-4-8)14-11(16)7-12;/h3-6H,2,7,12H2,1H3,(H,13,15)(H,14,16);1H. The molecular formula is C11H16ClN3O2. The Morgan fingerprint density at radius 2 is 1.47 bits per heavy atom. The minimum Gasteiger partial charge on any atom is -0.326 e. The van der Waals surface area contributed by atoms with E-state index in [1.165, 1.54) is 0 Å².